The molecule has 4 heteroatoms. The lowest BCUT2D eigenvalue weighted by Gasteiger charge is -2.39. The third-order valence-corrected chi connectivity index (χ3v) is 3.14. The second-order valence-electron chi connectivity index (χ2n) is 4.50. The highest BCUT2D eigenvalue weighted by molar-refractivity contribution is 4.78. The van der Waals surface area contributed by atoms with Crippen molar-refractivity contribution in [2.75, 3.05) is 32.9 Å². The maximum absolute atomic E-state index is 5.69. The van der Waals surface area contributed by atoms with Crippen LogP contribution in [0.5, 0.6) is 0 Å². The van der Waals surface area contributed by atoms with Crippen LogP contribution in [0, 0.1) is 0 Å². The van der Waals surface area contributed by atoms with Crippen molar-refractivity contribution in [2.24, 2.45) is 0 Å². The number of ether oxygens (including phenoxy) is 3. The normalized spacial score (nSPS) is 26.6. The van der Waals surface area contributed by atoms with Crippen molar-refractivity contribution in [3.05, 3.63) is 0 Å². The van der Waals surface area contributed by atoms with Gasteiger partial charge in [-0.3, -0.25) is 4.90 Å². The number of nitrogens with zero attached hydrogens (tertiary/aromatic N) is 1. The van der Waals surface area contributed by atoms with E-state index in [1.807, 2.05) is 13.8 Å². The summed E-state index contributed by atoms with van der Waals surface area (Å²) in [5, 5.41) is 0. The average Bonchev–Trinajstić information content (AvgIpc) is 2.30. The summed E-state index contributed by atoms with van der Waals surface area (Å²) in [4.78, 5) is 2.43. The van der Waals surface area contributed by atoms with Gasteiger partial charge in [0.25, 0.3) is 0 Å². The molecule has 0 amide bonds. The average molecular weight is 245 g/mol. The van der Waals surface area contributed by atoms with Gasteiger partial charge in [-0.2, -0.15) is 0 Å². The predicted octanol–water partition coefficient (Wildman–Crippen LogP) is 1.88. The highest BCUT2D eigenvalue weighted by atomic mass is 16.7. The molecule has 4 nitrogen and oxygen atoms in total. The summed E-state index contributed by atoms with van der Waals surface area (Å²) in [6.45, 7) is 12.4. The van der Waals surface area contributed by atoms with Crippen LogP contribution in [0.4, 0.5) is 0 Å². The van der Waals surface area contributed by atoms with Gasteiger partial charge in [0.15, 0.2) is 6.29 Å². The van der Waals surface area contributed by atoms with Crippen molar-refractivity contribution in [3.8, 4) is 0 Å². The van der Waals surface area contributed by atoms with E-state index in [2.05, 4.69) is 18.7 Å². The molecule has 0 aromatic carbocycles. The molecule has 0 aliphatic carbocycles. The van der Waals surface area contributed by atoms with Crippen molar-refractivity contribution in [3.63, 3.8) is 0 Å². The Bertz CT molecular complexity index is 195. The van der Waals surface area contributed by atoms with Crippen LogP contribution >= 0.6 is 0 Å². The minimum Gasteiger partial charge on any atom is -0.376 e. The molecule has 1 aliphatic heterocycles. The fourth-order valence-electron chi connectivity index (χ4n) is 2.23. The molecule has 0 radical (unpaired) electrons. The summed E-state index contributed by atoms with van der Waals surface area (Å²) in [7, 11) is 0. The van der Waals surface area contributed by atoms with E-state index in [9.17, 15) is 0 Å². The fourth-order valence-corrected chi connectivity index (χ4v) is 2.23. The molecular formula is C13H27NO3. The Morgan fingerprint density at radius 1 is 1.24 bits per heavy atom. The van der Waals surface area contributed by atoms with E-state index < -0.39 is 0 Å². The molecule has 0 bridgehead atoms. The Morgan fingerprint density at radius 3 is 2.41 bits per heavy atom. The lowest BCUT2D eigenvalue weighted by molar-refractivity contribution is -0.164. The topological polar surface area (TPSA) is 30.9 Å². The van der Waals surface area contributed by atoms with E-state index >= 15 is 0 Å². The molecule has 102 valence electrons. The summed E-state index contributed by atoms with van der Waals surface area (Å²) in [6.07, 6.45) is 1.31. The summed E-state index contributed by atoms with van der Waals surface area (Å²) >= 11 is 0. The Hall–Kier alpha value is -0.160. The third kappa shape index (κ3) is 4.92. The molecule has 1 saturated heterocycles. The molecule has 1 aliphatic rings. The van der Waals surface area contributed by atoms with Crippen molar-refractivity contribution in [1.29, 1.82) is 0 Å². The van der Waals surface area contributed by atoms with Crippen molar-refractivity contribution >= 4 is 0 Å². The van der Waals surface area contributed by atoms with Crippen LogP contribution in [-0.2, 0) is 14.2 Å². The van der Waals surface area contributed by atoms with Gasteiger partial charge >= 0.3 is 0 Å². The molecular weight excluding hydrogens is 218 g/mol. The number of hydrogen-bond donors (Lipinski definition) is 0. The molecule has 1 rings (SSSR count). The Balaban J connectivity index is 2.48. The zero-order valence-corrected chi connectivity index (χ0v) is 11.6. The Kier molecular flexibility index (Phi) is 7.04. The smallest absolute Gasteiger partial charge is 0.170 e. The van der Waals surface area contributed by atoms with Gasteiger partial charge in [-0.25, -0.2) is 0 Å². The van der Waals surface area contributed by atoms with Crippen LogP contribution in [0.25, 0.3) is 0 Å². The predicted molar refractivity (Wildman–Crippen MR) is 68.1 cm³/mol. The van der Waals surface area contributed by atoms with Crippen molar-refractivity contribution < 1.29 is 14.2 Å². The largest absolute Gasteiger partial charge is 0.376 e. The minimum absolute atomic E-state index is 0.107. The molecule has 2 atom stereocenters. The molecule has 0 aromatic heterocycles. The van der Waals surface area contributed by atoms with Crippen LogP contribution in [0.2, 0.25) is 0 Å². The zero-order valence-electron chi connectivity index (χ0n) is 11.6. The molecule has 2 unspecified atom stereocenters. The van der Waals surface area contributed by atoms with Gasteiger partial charge in [0.05, 0.1) is 12.7 Å². The van der Waals surface area contributed by atoms with E-state index in [1.54, 1.807) is 0 Å². The van der Waals surface area contributed by atoms with Gasteiger partial charge < -0.3 is 14.2 Å². The van der Waals surface area contributed by atoms with Gasteiger partial charge in [-0.1, -0.05) is 6.92 Å². The van der Waals surface area contributed by atoms with Crippen molar-refractivity contribution in [1.82, 2.24) is 4.90 Å². The first-order valence-electron chi connectivity index (χ1n) is 6.80. The van der Waals surface area contributed by atoms with Gasteiger partial charge in [0.1, 0.15) is 0 Å². The molecule has 1 fully saturated rings. The van der Waals surface area contributed by atoms with E-state index in [-0.39, 0.29) is 6.29 Å². The minimum atomic E-state index is -0.107. The highest BCUT2D eigenvalue weighted by Gasteiger charge is 2.27. The van der Waals surface area contributed by atoms with Crippen LogP contribution in [0.15, 0.2) is 0 Å². The molecule has 17 heavy (non-hydrogen) atoms. The summed E-state index contributed by atoms with van der Waals surface area (Å²) in [5.74, 6) is 0. The van der Waals surface area contributed by atoms with Gasteiger partial charge in [-0.15, -0.1) is 0 Å². The number of hydrogen-bond acceptors (Lipinski definition) is 4. The number of morpholine rings is 1. The van der Waals surface area contributed by atoms with Gasteiger partial charge in [0.2, 0.25) is 0 Å². The van der Waals surface area contributed by atoms with E-state index in [4.69, 9.17) is 14.2 Å². The maximum atomic E-state index is 5.69. The van der Waals surface area contributed by atoms with Crippen LogP contribution in [-0.4, -0.2) is 56.2 Å². The lowest BCUT2D eigenvalue weighted by atomic mass is 10.1. The SMILES string of the molecule is CCOC(CN1CC(C)OCC1CC)OCC. The molecule has 0 N–H and O–H groups in total. The molecule has 0 spiro atoms. The molecule has 0 aromatic rings. The van der Waals surface area contributed by atoms with E-state index in [1.165, 1.54) is 0 Å². The standard InChI is InChI=1S/C13H27NO3/c1-5-12-10-17-11(4)8-14(12)9-13(15-6-2)16-7-3/h11-13H,5-10H2,1-4H3. The molecule has 1 heterocycles. The first kappa shape index (κ1) is 14.9. The molecule has 0 saturated carbocycles. The van der Waals surface area contributed by atoms with Crippen LogP contribution < -0.4 is 0 Å². The second-order valence-corrected chi connectivity index (χ2v) is 4.50. The first-order valence-corrected chi connectivity index (χ1v) is 6.80. The van der Waals surface area contributed by atoms with Gasteiger partial charge in [-0.05, 0) is 27.2 Å². The van der Waals surface area contributed by atoms with Crippen LogP contribution in [0.3, 0.4) is 0 Å². The monoisotopic (exact) mass is 245 g/mol. The third-order valence-electron chi connectivity index (χ3n) is 3.14. The number of rotatable bonds is 7. The maximum Gasteiger partial charge on any atom is 0.170 e. The summed E-state index contributed by atoms with van der Waals surface area (Å²) in [6, 6.07) is 0.495. The van der Waals surface area contributed by atoms with Crippen LogP contribution in [0.1, 0.15) is 34.1 Å². The van der Waals surface area contributed by atoms with Gasteiger partial charge in [0, 0.05) is 32.3 Å². The second kappa shape index (κ2) is 8.03. The summed E-state index contributed by atoms with van der Waals surface area (Å²) < 4.78 is 16.9. The summed E-state index contributed by atoms with van der Waals surface area (Å²) in [5.41, 5.74) is 0. The Labute approximate surface area is 105 Å². The van der Waals surface area contributed by atoms with Crippen molar-refractivity contribution in [2.45, 2.75) is 52.6 Å². The van der Waals surface area contributed by atoms with E-state index in [0.29, 0.717) is 25.4 Å². The fraction of sp³-hybridized carbons (Fsp3) is 1.00. The van der Waals surface area contributed by atoms with E-state index in [0.717, 1.165) is 26.1 Å². The zero-order chi connectivity index (χ0) is 12.7. The first-order chi connectivity index (χ1) is 8.21. The lowest BCUT2D eigenvalue weighted by Crippen LogP contribution is -2.51. The Morgan fingerprint density at radius 2 is 1.88 bits per heavy atom. The highest BCUT2D eigenvalue weighted by Crippen LogP contribution is 2.15. The quantitative estimate of drug-likeness (QED) is 0.641.